The van der Waals surface area contributed by atoms with E-state index in [9.17, 15) is 4.79 Å². The molecule has 0 saturated carbocycles. The molecule has 1 aromatic carbocycles. The average Bonchev–Trinajstić information content (AvgIpc) is 2.90. The molecule has 0 unspecified atom stereocenters. The van der Waals surface area contributed by atoms with Crippen LogP contribution in [-0.2, 0) is 11.8 Å². The molecule has 0 aliphatic carbocycles. The van der Waals surface area contributed by atoms with Gasteiger partial charge in [0.05, 0.1) is 11.4 Å². The normalized spacial score (nSPS) is 17.4. The van der Waals surface area contributed by atoms with Crippen LogP contribution in [0.1, 0.15) is 25.5 Å². The Kier molecular flexibility index (Phi) is 5.26. The van der Waals surface area contributed by atoms with Gasteiger partial charge in [0.1, 0.15) is 11.6 Å². The molecule has 0 radical (unpaired) electrons. The average molecular weight is 342 g/mol. The molecule has 1 aromatic heterocycles. The Morgan fingerprint density at radius 1 is 1.40 bits per heavy atom. The van der Waals surface area contributed by atoms with Gasteiger partial charge < -0.3 is 15.0 Å². The van der Waals surface area contributed by atoms with Crippen LogP contribution in [0.2, 0.25) is 0 Å². The van der Waals surface area contributed by atoms with Gasteiger partial charge in [-0.25, -0.2) is 0 Å². The van der Waals surface area contributed by atoms with E-state index < -0.39 is 0 Å². The number of aryl methyl sites for hydroxylation is 2. The molecule has 1 saturated heterocycles. The highest BCUT2D eigenvalue weighted by molar-refractivity contribution is 5.91. The van der Waals surface area contributed by atoms with Crippen molar-refractivity contribution in [1.29, 1.82) is 0 Å². The Bertz CT molecular complexity index is 741. The lowest BCUT2D eigenvalue weighted by Gasteiger charge is -2.33. The maximum absolute atomic E-state index is 12.2. The van der Waals surface area contributed by atoms with Crippen molar-refractivity contribution in [1.82, 2.24) is 9.78 Å². The molecule has 1 N–H and O–H groups in total. The van der Waals surface area contributed by atoms with Crippen LogP contribution < -0.4 is 15.0 Å². The molecule has 134 valence electrons. The number of nitrogens with zero attached hydrogens (tertiary/aromatic N) is 3. The number of rotatable bonds is 5. The lowest BCUT2D eigenvalue weighted by molar-refractivity contribution is -0.118. The predicted molar refractivity (Wildman–Crippen MR) is 99.1 cm³/mol. The highest BCUT2D eigenvalue weighted by Gasteiger charge is 2.19. The van der Waals surface area contributed by atoms with Crippen molar-refractivity contribution in [2.24, 2.45) is 13.0 Å². The van der Waals surface area contributed by atoms with Crippen LogP contribution in [0.5, 0.6) is 5.75 Å². The Morgan fingerprint density at radius 3 is 2.92 bits per heavy atom. The minimum atomic E-state index is -0.190. The summed E-state index contributed by atoms with van der Waals surface area (Å²) in [5, 5.41) is 7.05. The number of hydrogen-bond acceptors (Lipinski definition) is 4. The van der Waals surface area contributed by atoms with Crippen LogP contribution in [-0.4, -0.2) is 35.4 Å². The van der Waals surface area contributed by atoms with E-state index in [1.54, 1.807) is 11.7 Å². The zero-order valence-electron chi connectivity index (χ0n) is 15.2. The van der Waals surface area contributed by atoms with Crippen LogP contribution in [0, 0.1) is 12.8 Å². The smallest absolute Gasteiger partial charge is 0.263 e. The number of hydrogen-bond donors (Lipinski definition) is 1. The van der Waals surface area contributed by atoms with Gasteiger partial charge in [0, 0.05) is 26.2 Å². The van der Waals surface area contributed by atoms with Gasteiger partial charge in [-0.3, -0.25) is 9.48 Å². The van der Waals surface area contributed by atoms with Crippen molar-refractivity contribution >= 4 is 17.4 Å². The Labute approximate surface area is 148 Å². The fraction of sp³-hybridized carbons (Fsp3) is 0.474. The number of ether oxygens (including phenoxy) is 1. The van der Waals surface area contributed by atoms with E-state index in [-0.39, 0.29) is 12.5 Å². The van der Waals surface area contributed by atoms with Gasteiger partial charge in [-0.15, -0.1) is 0 Å². The molecule has 1 atom stereocenters. The third-order valence-corrected chi connectivity index (χ3v) is 4.49. The molecule has 2 aromatic rings. The Hall–Kier alpha value is -2.50. The molecule has 0 bridgehead atoms. The molecular weight excluding hydrogens is 316 g/mol. The summed E-state index contributed by atoms with van der Waals surface area (Å²) in [6.07, 6.45) is 2.46. The lowest BCUT2D eigenvalue weighted by Crippen LogP contribution is -2.34. The van der Waals surface area contributed by atoms with Gasteiger partial charge in [0.25, 0.3) is 5.91 Å². The minimum absolute atomic E-state index is 0.0232. The second kappa shape index (κ2) is 7.59. The minimum Gasteiger partial charge on any atom is -0.482 e. The molecule has 1 aliphatic heterocycles. The topological polar surface area (TPSA) is 59.4 Å². The monoisotopic (exact) mass is 342 g/mol. The highest BCUT2D eigenvalue weighted by Crippen LogP contribution is 2.31. The van der Waals surface area contributed by atoms with Gasteiger partial charge in [-0.2, -0.15) is 5.10 Å². The van der Waals surface area contributed by atoms with Gasteiger partial charge in [0.15, 0.2) is 6.61 Å². The predicted octanol–water partition coefficient (Wildman–Crippen LogP) is 2.98. The molecule has 0 spiro atoms. The Balaban J connectivity index is 1.63. The SMILES string of the molecule is Cc1cc(NC(=O)COc2ccccc2N2CCC[C@@H](C)C2)n(C)n1. The summed E-state index contributed by atoms with van der Waals surface area (Å²) < 4.78 is 7.47. The van der Waals surface area contributed by atoms with E-state index in [2.05, 4.69) is 28.3 Å². The molecular formula is C19H26N4O2. The number of amides is 1. The van der Waals surface area contributed by atoms with E-state index in [0.29, 0.717) is 11.7 Å². The maximum atomic E-state index is 12.2. The van der Waals surface area contributed by atoms with Crippen molar-refractivity contribution in [3.63, 3.8) is 0 Å². The highest BCUT2D eigenvalue weighted by atomic mass is 16.5. The van der Waals surface area contributed by atoms with E-state index in [1.807, 2.05) is 31.2 Å². The second-order valence-electron chi connectivity index (χ2n) is 6.79. The van der Waals surface area contributed by atoms with Crippen molar-refractivity contribution in [3.05, 3.63) is 36.0 Å². The number of aromatic nitrogens is 2. The fourth-order valence-electron chi connectivity index (χ4n) is 3.30. The van der Waals surface area contributed by atoms with E-state index >= 15 is 0 Å². The fourth-order valence-corrected chi connectivity index (χ4v) is 3.30. The third kappa shape index (κ3) is 4.32. The first-order valence-corrected chi connectivity index (χ1v) is 8.80. The molecule has 2 heterocycles. The van der Waals surface area contributed by atoms with Gasteiger partial charge >= 0.3 is 0 Å². The van der Waals surface area contributed by atoms with Gasteiger partial charge in [-0.05, 0) is 37.8 Å². The first kappa shape index (κ1) is 17.3. The summed E-state index contributed by atoms with van der Waals surface area (Å²) in [5.41, 5.74) is 1.93. The number of para-hydroxylation sites is 2. The number of carbonyl (C=O) groups excluding carboxylic acids is 1. The molecule has 3 rings (SSSR count). The van der Waals surface area contributed by atoms with Crippen molar-refractivity contribution < 1.29 is 9.53 Å². The largest absolute Gasteiger partial charge is 0.482 e. The third-order valence-electron chi connectivity index (χ3n) is 4.49. The number of benzene rings is 1. The van der Waals surface area contributed by atoms with Gasteiger partial charge in [-0.1, -0.05) is 19.1 Å². The first-order chi connectivity index (χ1) is 12.0. The summed E-state index contributed by atoms with van der Waals surface area (Å²) in [7, 11) is 1.80. The zero-order valence-corrected chi connectivity index (χ0v) is 15.2. The summed E-state index contributed by atoms with van der Waals surface area (Å²) in [6, 6.07) is 9.78. The molecule has 1 aliphatic rings. The van der Waals surface area contributed by atoms with Crippen LogP contribution in [0.15, 0.2) is 30.3 Å². The standard InChI is InChI=1S/C19H26N4O2/c1-14-7-6-10-23(12-14)16-8-4-5-9-17(16)25-13-19(24)20-18-11-15(2)21-22(18)3/h4-5,8-9,11,14H,6-7,10,12-13H2,1-3H3,(H,20,24)/t14-/m1/s1. The Morgan fingerprint density at radius 2 is 2.20 bits per heavy atom. The summed E-state index contributed by atoms with van der Waals surface area (Å²) in [6.45, 7) is 6.21. The van der Waals surface area contributed by atoms with Crippen molar-refractivity contribution in [3.8, 4) is 5.75 Å². The van der Waals surface area contributed by atoms with Crippen LogP contribution in [0.3, 0.4) is 0 Å². The van der Waals surface area contributed by atoms with Crippen molar-refractivity contribution in [2.45, 2.75) is 26.7 Å². The second-order valence-corrected chi connectivity index (χ2v) is 6.79. The van der Waals surface area contributed by atoms with E-state index in [0.717, 1.165) is 30.2 Å². The van der Waals surface area contributed by atoms with Crippen LogP contribution in [0.4, 0.5) is 11.5 Å². The lowest BCUT2D eigenvalue weighted by atomic mass is 9.99. The molecule has 6 heteroatoms. The number of nitrogens with one attached hydrogen (secondary N) is 1. The zero-order chi connectivity index (χ0) is 17.8. The number of carbonyl (C=O) groups is 1. The summed E-state index contributed by atoms with van der Waals surface area (Å²) >= 11 is 0. The first-order valence-electron chi connectivity index (χ1n) is 8.80. The molecule has 6 nitrogen and oxygen atoms in total. The molecule has 25 heavy (non-hydrogen) atoms. The van der Waals surface area contributed by atoms with Gasteiger partial charge in [0.2, 0.25) is 0 Å². The summed E-state index contributed by atoms with van der Waals surface area (Å²) in [4.78, 5) is 14.5. The van der Waals surface area contributed by atoms with Crippen molar-refractivity contribution in [2.75, 3.05) is 29.9 Å². The number of anilines is 2. The molecule has 1 amide bonds. The molecule has 1 fully saturated rings. The van der Waals surface area contributed by atoms with Crippen LogP contribution >= 0.6 is 0 Å². The summed E-state index contributed by atoms with van der Waals surface area (Å²) in [5.74, 6) is 1.92. The van der Waals surface area contributed by atoms with Crippen LogP contribution in [0.25, 0.3) is 0 Å². The quantitative estimate of drug-likeness (QED) is 0.907. The van der Waals surface area contributed by atoms with E-state index in [4.69, 9.17) is 4.74 Å². The number of piperidine rings is 1. The van der Waals surface area contributed by atoms with E-state index in [1.165, 1.54) is 12.8 Å². The maximum Gasteiger partial charge on any atom is 0.263 e.